The van der Waals surface area contributed by atoms with Gasteiger partial charge in [0.05, 0.1) is 11.1 Å². The number of aryl methyl sites for hydroxylation is 1. The van der Waals surface area contributed by atoms with E-state index < -0.39 is 0 Å². The SMILES string of the molecule is Cc1cc(C#N)c2ncnc(NCC(C)(C)C)c2c1. The first-order chi connectivity index (χ1) is 8.90. The van der Waals surface area contributed by atoms with E-state index in [-0.39, 0.29) is 5.41 Å². The Morgan fingerprint density at radius 1 is 1.26 bits per heavy atom. The van der Waals surface area contributed by atoms with Gasteiger partial charge in [-0.3, -0.25) is 0 Å². The zero-order chi connectivity index (χ0) is 14.0. The highest BCUT2D eigenvalue weighted by Crippen LogP contribution is 2.25. The maximum atomic E-state index is 9.18. The fraction of sp³-hybridized carbons (Fsp3) is 0.400. The van der Waals surface area contributed by atoms with Gasteiger partial charge in [0, 0.05) is 11.9 Å². The van der Waals surface area contributed by atoms with Crippen LogP contribution >= 0.6 is 0 Å². The number of hydrogen-bond donors (Lipinski definition) is 1. The Hall–Kier alpha value is -2.15. The first-order valence-corrected chi connectivity index (χ1v) is 6.30. The number of nitriles is 1. The van der Waals surface area contributed by atoms with Crippen molar-refractivity contribution in [2.24, 2.45) is 5.41 Å². The Morgan fingerprint density at radius 3 is 2.63 bits per heavy atom. The second-order valence-electron chi connectivity index (χ2n) is 5.96. The largest absolute Gasteiger partial charge is 0.369 e. The van der Waals surface area contributed by atoms with Gasteiger partial charge < -0.3 is 5.32 Å². The zero-order valence-corrected chi connectivity index (χ0v) is 11.8. The van der Waals surface area contributed by atoms with Crippen molar-refractivity contribution in [3.05, 3.63) is 29.6 Å². The lowest BCUT2D eigenvalue weighted by molar-refractivity contribution is 0.442. The molecule has 19 heavy (non-hydrogen) atoms. The summed E-state index contributed by atoms with van der Waals surface area (Å²) in [5, 5.41) is 13.4. The number of hydrogen-bond acceptors (Lipinski definition) is 4. The molecule has 1 N–H and O–H groups in total. The number of nitrogens with zero attached hydrogens (tertiary/aromatic N) is 3. The van der Waals surface area contributed by atoms with E-state index in [0.29, 0.717) is 11.1 Å². The third kappa shape index (κ3) is 3.00. The molecule has 1 aromatic carbocycles. The maximum Gasteiger partial charge on any atom is 0.137 e. The van der Waals surface area contributed by atoms with Crippen molar-refractivity contribution in [1.29, 1.82) is 5.26 Å². The van der Waals surface area contributed by atoms with Crippen molar-refractivity contribution < 1.29 is 0 Å². The molecule has 4 nitrogen and oxygen atoms in total. The Morgan fingerprint density at radius 2 is 2.00 bits per heavy atom. The highest BCUT2D eigenvalue weighted by molar-refractivity contribution is 5.93. The molecule has 0 spiro atoms. The number of aromatic nitrogens is 2. The fourth-order valence-corrected chi connectivity index (χ4v) is 1.89. The summed E-state index contributed by atoms with van der Waals surface area (Å²) in [7, 11) is 0. The molecule has 2 rings (SSSR count). The molecule has 0 aliphatic heterocycles. The first-order valence-electron chi connectivity index (χ1n) is 6.30. The van der Waals surface area contributed by atoms with Crippen LogP contribution in [0.25, 0.3) is 10.9 Å². The first kappa shape index (κ1) is 13.3. The molecule has 0 fully saturated rings. The third-order valence-corrected chi connectivity index (χ3v) is 2.79. The number of nitrogens with one attached hydrogen (secondary N) is 1. The van der Waals surface area contributed by atoms with E-state index in [0.717, 1.165) is 23.3 Å². The molecule has 2 aromatic rings. The van der Waals surface area contributed by atoms with E-state index in [1.165, 1.54) is 6.33 Å². The van der Waals surface area contributed by atoms with Gasteiger partial charge in [-0.2, -0.15) is 5.26 Å². The van der Waals surface area contributed by atoms with Crippen molar-refractivity contribution in [2.75, 3.05) is 11.9 Å². The number of anilines is 1. The molecule has 4 heteroatoms. The Bertz CT molecular complexity index is 647. The summed E-state index contributed by atoms with van der Waals surface area (Å²) in [6.07, 6.45) is 1.50. The molecule has 0 amide bonds. The third-order valence-electron chi connectivity index (χ3n) is 2.79. The fourth-order valence-electron chi connectivity index (χ4n) is 1.89. The summed E-state index contributed by atoms with van der Waals surface area (Å²) in [6.45, 7) is 9.27. The molecular weight excluding hydrogens is 236 g/mol. The molecule has 0 radical (unpaired) electrons. The van der Waals surface area contributed by atoms with Crippen LogP contribution in [0.3, 0.4) is 0 Å². The quantitative estimate of drug-likeness (QED) is 0.893. The lowest BCUT2D eigenvalue weighted by Gasteiger charge is -2.19. The van der Waals surface area contributed by atoms with Gasteiger partial charge >= 0.3 is 0 Å². The van der Waals surface area contributed by atoms with E-state index in [1.54, 1.807) is 0 Å². The van der Waals surface area contributed by atoms with Crippen molar-refractivity contribution in [1.82, 2.24) is 9.97 Å². The number of benzene rings is 1. The van der Waals surface area contributed by atoms with Gasteiger partial charge in [-0.25, -0.2) is 9.97 Å². The van der Waals surface area contributed by atoms with Gasteiger partial charge in [0.2, 0.25) is 0 Å². The molecular formula is C15H18N4. The van der Waals surface area contributed by atoms with Gasteiger partial charge in [0.15, 0.2) is 0 Å². The summed E-state index contributed by atoms with van der Waals surface area (Å²) in [4.78, 5) is 8.52. The van der Waals surface area contributed by atoms with Crippen molar-refractivity contribution in [3.63, 3.8) is 0 Å². The second kappa shape index (κ2) is 4.85. The van der Waals surface area contributed by atoms with Crippen molar-refractivity contribution in [2.45, 2.75) is 27.7 Å². The van der Waals surface area contributed by atoms with Crippen molar-refractivity contribution in [3.8, 4) is 6.07 Å². The van der Waals surface area contributed by atoms with Crippen molar-refractivity contribution >= 4 is 16.7 Å². The van der Waals surface area contributed by atoms with Gasteiger partial charge in [-0.05, 0) is 30.0 Å². The summed E-state index contributed by atoms with van der Waals surface area (Å²) in [5.41, 5.74) is 2.51. The summed E-state index contributed by atoms with van der Waals surface area (Å²) in [6, 6.07) is 6.06. The minimum absolute atomic E-state index is 0.166. The highest BCUT2D eigenvalue weighted by Gasteiger charge is 2.13. The van der Waals surface area contributed by atoms with Crippen LogP contribution in [-0.2, 0) is 0 Å². The van der Waals surface area contributed by atoms with E-state index in [2.05, 4.69) is 42.1 Å². The molecule has 0 saturated carbocycles. The summed E-state index contributed by atoms with van der Waals surface area (Å²) in [5.74, 6) is 0.792. The average molecular weight is 254 g/mol. The molecule has 0 aliphatic rings. The van der Waals surface area contributed by atoms with E-state index in [4.69, 9.17) is 0 Å². The van der Waals surface area contributed by atoms with Crippen LogP contribution in [0.2, 0.25) is 0 Å². The Balaban J connectivity index is 2.51. The molecule has 98 valence electrons. The van der Waals surface area contributed by atoms with Crippen LogP contribution in [0.5, 0.6) is 0 Å². The minimum atomic E-state index is 0.166. The Labute approximate surface area is 113 Å². The van der Waals surface area contributed by atoms with Crippen LogP contribution in [-0.4, -0.2) is 16.5 Å². The van der Waals surface area contributed by atoms with E-state index >= 15 is 0 Å². The second-order valence-corrected chi connectivity index (χ2v) is 5.96. The summed E-state index contributed by atoms with van der Waals surface area (Å²) >= 11 is 0. The molecule has 0 bridgehead atoms. The monoisotopic (exact) mass is 254 g/mol. The van der Waals surface area contributed by atoms with Gasteiger partial charge in [0.1, 0.15) is 18.2 Å². The smallest absolute Gasteiger partial charge is 0.137 e. The molecule has 0 saturated heterocycles. The number of rotatable bonds is 2. The predicted octanol–water partition coefficient (Wildman–Crippen LogP) is 3.27. The summed E-state index contributed by atoms with van der Waals surface area (Å²) < 4.78 is 0. The highest BCUT2D eigenvalue weighted by atomic mass is 15.0. The normalized spacial score (nSPS) is 11.3. The van der Waals surface area contributed by atoms with E-state index in [1.807, 2.05) is 19.1 Å². The van der Waals surface area contributed by atoms with Crippen LogP contribution in [0, 0.1) is 23.7 Å². The topological polar surface area (TPSA) is 61.6 Å². The van der Waals surface area contributed by atoms with E-state index in [9.17, 15) is 5.26 Å². The number of fused-ring (bicyclic) bond motifs is 1. The van der Waals surface area contributed by atoms with Gasteiger partial charge in [-0.1, -0.05) is 20.8 Å². The maximum absolute atomic E-state index is 9.18. The Kier molecular flexibility index (Phi) is 3.39. The molecule has 0 unspecified atom stereocenters. The lowest BCUT2D eigenvalue weighted by atomic mass is 9.97. The van der Waals surface area contributed by atoms with Crippen LogP contribution in [0.4, 0.5) is 5.82 Å². The van der Waals surface area contributed by atoms with Gasteiger partial charge in [-0.15, -0.1) is 0 Å². The average Bonchev–Trinajstić information content (AvgIpc) is 2.34. The lowest BCUT2D eigenvalue weighted by Crippen LogP contribution is -2.19. The van der Waals surface area contributed by atoms with Gasteiger partial charge in [0.25, 0.3) is 0 Å². The van der Waals surface area contributed by atoms with Crippen LogP contribution in [0.1, 0.15) is 31.9 Å². The minimum Gasteiger partial charge on any atom is -0.369 e. The molecule has 1 heterocycles. The molecule has 0 atom stereocenters. The zero-order valence-electron chi connectivity index (χ0n) is 11.8. The molecule has 1 aromatic heterocycles. The van der Waals surface area contributed by atoms with Crippen LogP contribution in [0.15, 0.2) is 18.5 Å². The standard InChI is InChI=1S/C15H18N4/c1-10-5-11(7-16)13-12(6-10)14(19-9-18-13)17-8-15(2,3)4/h5-6,9H,8H2,1-4H3,(H,17,18,19). The molecule has 0 aliphatic carbocycles. The van der Waals surface area contributed by atoms with Crippen LogP contribution < -0.4 is 5.32 Å². The predicted molar refractivity (Wildman–Crippen MR) is 76.9 cm³/mol.